The van der Waals surface area contributed by atoms with E-state index in [0.717, 1.165) is 11.3 Å². The average molecular weight is 348 g/mol. The Morgan fingerprint density at radius 1 is 1.36 bits per heavy atom. The number of amides is 2. The molecule has 1 aromatic rings. The molecule has 0 saturated carbocycles. The van der Waals surface area contributed by atoms with Crippen molar-refractivity contribution in [3.8, 4) is 5.75 Å². The van der Waals surface area contributed by atoms with E-state index in [1.165, 1.54) is 0 Å². The molecule has 138 valence electrons. The Morgan fingerprint density at radius 2 is 2.12 bits per heavy atom. The van der Waals surface area contributed by atoms with Gasteiger partial charge in [0.15, 0.2) is 0 Å². The minimum absolute atomic E-state index is 0.188. The highest BCUT2D eigenvalue weighted by Gasteiger charge is 2.31. The zero-order valence-corrected chi connectivity index (χ0v) is 15.2. The van der Waals surface area contributed by atoms with Gasteiger partial charge in [0.2, 0.25) is 0 Å². The Bertz CT molecular complexity index is 603. The van der Waals surface area contributed by atoms with Crippen LogP contribution in [0.5, 0.6) is 5.75 Å². The van der Waals surface area contributed by atoms with Gasteiger partial charge in [-0.3, -0.25) is 4.79 Å². The number of carbonyl (C=O) groups excluding carboxylic acids is 1. The van der Waals surface area contributed by atoms with Crippen molar-refractivity contribution in [2.24, 2.45) is 17.8 Å². The van der Waals surface area contributed by atoms with Crippen LogP contribution in [0.25, 0.3) is 0 Å². The van der Waals surface area contributed by atoms with E-state index in [1.807, 2.05) is 31.2 Å². The highest BCUT2D eigenvalue weighted by atomic mass is 16.5. The number of hydrogen-bond donors (Lipinski definition) is 2. The summed E-state index contributed by atoms with van der Waals surface area (Å²) in [6, 6.07) is 7.44. The summed E-state index contributed by atoms with van der Waals surface area (Å²) in [6.45, 7) is 8.06. The minimum atomic E-state index is -0.834. The smallest absolute Gasteiger partial charge is 0.317 e. The molecular formula is C19H28N2O4. The number of ether oxygens (including phenoxy) is 1. The minimum Gasteiger partial charge on any atom is -0.493 e. The van der Waals surface area contributed by atoms with Crippen LogP contribution >= 0.6 is 0 Å². The average Bonchev–Trinajstić information content (AvgIpc) is 2.57. The molecule has 6 heteroatoms. The van der Waals surface area contributed by atoms with Crippen LogP contribution in [-0.2, 0) is 11.3 Å². The van der Waals surface area contributed by atoms with Gasteiger partial charge >= 0.3 is 12.0 Å². The molecule has 6 nitrogen and oxygen atoms in total. The Morgan fingerprint density at radius 3 is 2.80 bits per heavy atom. The molecular weight excluding hydrogens is 320 g/mol. The van der Waals surface area contributed by atoms with E-state index in [1.54, 1.807) is 4.90 Å². The summed E-state index contributed by atoms with van der Waals surface area (Å²) in [6.07, 6.45) is 0.619. The normalized spacial score (nSPS) is 20.4. The molecule has 0 spiro atoms. The summed E-state index contributed by atoms with van der Waals surface area (Å²) >= 11 is 0. The van der Waals surface area contributed by atoms with Crippen LogP contribution in [-0.4, -0.2) is 41.7 Å². The first-order chi connectivity index (χ1) is 11.8. The lowest BCUT2D eigenvalue weighted by Crippen LogP contribution is -2.49. The lowest BCUT2D eigenvalue weighted by atomic mass is 9.91. The van der Waals surface area contributed by atoms with Gasteiger partial charge in [0.1, 0.15) is 5.75 Å². The van der Waals surface area contributed by atoms with Crippen molar-refractivity contribution in [3.63, 3.8) is 0 Å². The molecule has 1 fully saturated rings. The second kappa shape index (κ2) is 8.74. The van der Waals surface area contributed by atoms with Crippen LogP contribution in [0.2, 0.25) is 0 Å². The van der Waals surface area contributed by atoms with Crippen LogP contribution < -0.4 is 10.1 Å². The summed E-state index contributed by atoms with van der Waals surface area (Å²) < 4.78 is 5.70. The molecule has 2 amide bonds. The number of likely N-dealkylation sites (tertiary alicyclic amines) is 1. The van der Waals surface area contributed by atoms with Crippen LogP contribution in [0, 0.1) is 17.8 Å². The van der Waals surface area contributed by atoms with Crippen LogP contribution in [0.1, 0.15) is 32.8 Å². The molecule has 1 saturated heterocycles. The number of carboxylic acids is 1. The fourth-order valence-electron chi connectivity index (χ4n) is 2.99. The molecule has 0 aliphatic carbocycles. The first kappa shape index (κ1) is 19.1. The molecule has 0 radical (unpaired) electrons. The van der Waals surface area contributed by atoms with Crippen LogP contribution in [0.4, 0.5) is 4.79 Å². The van der Waals surface area contributed by atoms with Crippen LogP contribution in [0.15, 0.2) is 24.3 Å². The van der Waals surface area contributed by atoms with Gasteiger partial charge in [-0.2, -0.15) is 0 Å². The summed E-state index contributed by atoms with van der Waals surface area (Å²) in [5.41, 5.74) is 0.953. The summed E-state index contributed by atoms with van der Waals surface area (Å²) in [7, 11) is 0. The first-order valence-electron chi connectivity index (χ1n) is 8.82. The molecule has 0 bridgehead atoms. The predicted octanol–water partition coefficient (Wildman–Crippen LogP) is 2.97. The number of carboxylic acid groups (broad SMARTS) is 1. The third-order valence-electron chi connectivity index (χ3n) is 4.22. The third-order valence-corrected chi connectivity index (χ3v) is 4.22. The predicted molar refractivity (Wildman–Crippen MR) is 95.5 cm³/mol. The molecule has 0 aromatic heterocycles. The van der Waals surface area contributed by atoms with E-state index >= 15 is 0 Å². The second-order valence-corrected chi connectivity index (χ2v) is 7.29. The van der Waals surface area contributed by atoms with E-state index in [0.29, 0.717) is 32.0 Å². The van der Waals surface area contributed by atoms with Gasteiger partial charge < -0.3 is 20.1 Å². The molecule has 2 rings (SSSR count). The molecule has 2 atom stereocenters. The van der Waals surface area contributed by atoms with E-state index < -0.39 is 11.9 Å². The lowest BCUT2D eigenvalue weighted by Gasteiger charge is -2.34. The Kier molecular flexibility index (Phi) is 6.67. The maximum absolute atomic E-state index is 12.4. The highest BCUT2D eigenvalue weighted by molar-refractivity contribution is 5.76. The summed E-state index contributed by atoms with van der Waals surface area (Å²) in [5.74, 6) is 0.111. The van der Waals surface area contributed by atoms with Crippen molar-refractivity contribution < 1.29 is 19.4 Å². The van der Waals surface area contributed by atoms with Crippen molar-refractivity contribution in [1.82, 2.24) is 10.2 Å². The zero-order valence-electron chi connectivity index (χ0n) is 15.2. The van der Waals surface area contributed by atoms with E-state index in [-0.39, 0.29) is 18.5 Å². The number of rotatable bonds is 6. The Hall–Kier alpha value is -2.24. The first-order valence-corrected chi connectivity index (χ1v) is 8.82. The second-order valence-electron chi connectivity index (χ2n) is 7.29. The number of hydrogen-bond acceptors (Lipinski definition) is 3. The van der Waals surface area contributed by atoms with Crippen molar-refractivity contribution in [2.75, 3.05) is 19.7 Å². The number of carbonyl (C=O) groups is 2. The lowest BCUT2D eigenvalue weighted by molar-refractivity contribution is -0.143. The molecule has 1 heterocycles. The van der Waals surface area contributed by atoms with Gasteiger partial charge in [-0.25, -0.2) is 4.79 Å². The molecule has 2 unspecified atom stereocenters. The van der Waals surface area contributed by atoms with Gasteiger partial charge in [-0.1, -0.05) is 32.9 Å². The number of aliphatic carboxylic acids is 1. The summed E-state index contributed by atoms with van der Waals surface area (Å²) in [5, 5.41) is 12.1. The zero-order chi connectivity index (χ0) is 18.4. The van der Waals surface area contributed by atoms with Gasteiger partial charge in [0.25, 0.3) is 0 Å². The molecule has 1 aliphatic rings. The van der Waals surface area contributed by atoms with Gasteiger partial charge in [0, 0.05) is 19.6 Å². The van der Waals surface area contributed by atoms with E-state index in [4.69, 9.17) is 4.74 Å². The van der Waals surface area contributed by atoms with Gasteiger partial charge in [0.05, 0.1) is 12.5 Å². The van der Waals surface area contributed by atoms with Crippen molar-refractivity contribution in [3.05, 3.63) is 29.8 Å². The number of urea groups is 1. The van der Waals surface area contributed by atoms with E-state index in [9.17, 15) is 14.7 Å². The number of nitrogens with zero attached hydrogens (tertiary/aromatic N) is 1. The fourth-order valence-corrected chi connectivity index (χ4v) is 2.99. The third kappa shape index (κ3) is 5.96. The number of benzene rings is 1. The Labute approximate surface area is 149 Å². The highest BCUT2D eigenvalue weighted by Crippen LogP contribution is 2.22. The molecule has 2 N–H and O–H groups in total. The largest absolute Gasteiger partial charge is 0.493 e. The number of nitrogens with one attached hydrogen (secondary N) is 1. The number of piperidine rings is 1. The molecule has 1 aliphatic heterocycles. The van der Waals surface area contributed by atoms with Crippen molar-refractivity contribution in [2.45, 2.75) is 33.7 Å². The van der Waals surface area contributed by atoms with Crippen molar-refractivity contribution >= 4 is 12.0 Å². The standard InChI is InChI=1S/C19H28N2O4/c1-13(2)12-25-17-6-4-5-15(8-17)9-20-19(24)21-10-14(3)7-16(11-21)18(22)23/h4-6,8,13-14,16H,7,9-12H2,1-3H3,(H,20,24)(H,22,23). The topological polar surface area (TPSA) is 78.9 Å². The maximum atomic E-state index is 12.4. The van der Waals surface area contributed by atoms with Crippen LogP contribution in [0.3, 0.4) is 0 Å². The fraction of sp³-hybridized carbons (Fsp3) is 0.579. The quantitative estimate of drug-likeness (QED) is 0.828. The molecule has 25 heavy (non-hydrogen) atoms. The summed E-state index contributed by atoms with van der Waals surface area (Å²) in [4.78, 5) is 25.2. The molecule has 1 aromatic carbocycles. The Balaban J connectivity index is 1.89. The van der Waals surface area contributed by atoms with Crippen molar-refractivity contribution in [1.29, 1.82) is 0 Å². The van der Waals surface area contributed by atoms with Gasteiger partial charge in [-0.15, -0.1) is 0 Å². The van der Waals surface area contributed by atoms with Gasteiger partial charge in [-0.05, 0) is 36.0 Å². The maximum Gasteiger partial charge on any atom is 0.317 e. The monoisotopic (exact) mass is 348 g/mol. The van der Waals surface area contributed by atoms with E-state index in [2.05, 4.69) is 19.2 Å². The SMILES string of the molecule is CC(C)COc1cccc(CNC(=O)N2CC(C)CC(C(=O)O)C2)c1.